The molecule has 2 aromatic heterocycles. The summed E-state index contributed by atoms with van der Waals surface area (Å²) in [5.74, 6) is 1.02. The van der Waals surface area contributed by atoms with Crippen molar-refractivity contribution in [3.8, 4) is 0 Å². The summed E-state index contributed by atoms with van der Waals surface area (Å²) in [6.45, 7) is 6.36. The van der Waals surface area contributed by atoms with Crippen molar-refractivity contribution in [2.75, 3.05) is 5.32 Å². The Labute approximate surface area is 115 Å². The van der Waals surface area contributed by atoms with E-state index in [1.807, 2.05) is 6.92 Å². The molecule has 2 heterocycles. The van der Waals surface area contributed by atoms with E-state index >= 15 is 0 Å². The molecule has 0 aromatic carbocycles. The predicted octanol–water partition coefficient (Wildman–Crippen LogP) is 3.54. The number of imidazole rings is 1. The summed E-state index contributed by atoms with van der Waals surface area (Å²) in [7, 11) is 0. The summed E-state index contributed by atoms with van der Waals surface area (Å²) in [6.07, 6.45) is 3.74. The predicted molar refractivity (Wildman–Crippen MR) is 76.9 cm³/mol. The van der Waals surface area contributed by atoms with Crippen molar-refractivity contribution < 1.29 is 4.92 Å². The molecule has 2 aromatic rings. The standard InChI is InChI=1S/C12H18N4O2S/c1-8(2)4-5-9(3)13-10-11(16(17)18)15-6-7-19-12(15)14-10/h6-9,13H,4-5H2,1-3H3. The molecule has 0 aliphatic carbocycles. The number of hydrogen-bond acceptors (Lipinski definition) is 5. The highest BCUT2D eigenvalue weighted by molar-refractivity contribution is 7.15. The molecule has 0 amide bonds. The Kier molecular flexibility index (Phi) is 4.04. The van der Waals surface area contributed by atoms with E-state index in [2.05, 4.69) is 24.1 Å². The Morgan fingerprint density at radius 1 is 1.47 bits per heavy atom. The summed E-state index contributed by atoms with van der Waals surface area (Å²) < 4.78 is 1.52. The third-order valence-corrected chi connectivity index (χ3v) is 3.73. The first kappa shape index (κ1) is 13.8. The van der Waals surface area contributed by atoms with Gasteiger partial charge in [0.25, 0.3) is 4.96 Å². The summed E-state index contributed by atoms with van der Waals surface area (Å²) in [5, 5.41) is 16.1. The number of thiazole rings is 1. The molecule has 6 nitrogen and oxygen atoms in total. The van der Waals surface area contributed by atoms with Crippen LogP contribution < -0.4 is 5.32 Å². The minimum absolute atomic E-state index is 0.0210. The lowest BCUT2D eigenvalue weighted by molar-refractivity contribution is -0.389. The number of nitrogens with one attached hydrogen (secondary N) is 1. The molecule has 0 spiro atoms. The lowest BCUT2D eigenvalue weighted by Gasteiger charge is -2.14. The average molecular weight is 282 g/mol. The van der Waals surface area contributed by atoms with Crippen molar-refractivity contribution in [1.82, 2.24) is 9.38 Å². The molecule has 0 aliphatic rings. The van der Waals surface area contributed by atoms with Gasteiger partial charge in [-0.1, -0.05) is 25.2 Å². The number of nitrogens with zero attached hydrogens (tertiary/aromatic N) is 3. The zero-order chi connectivity index (χ0) is 14.0. The molecule has 19 heavy (non-hydrogen) atoms. The van der Waals surface area contributed by atoms with E-state index in [1.165, 1.54) is 15.7 Å². The van der Waals surface area contributed by atoms with Gasteiger partial charge in [0.1, 0.15) is 6.20 Å². The van der Waals surface area contributed by atoms with Crippen LogP contribution in [0.4, 0.5) is 11.6 Å². The van der Waals surface area contributed by atoms with Gasteiger partial charge >= 0.3 is 5.82 Å². The Hall–Kier alpha value is -1.63. The van der Waals surface area contributed by atoms with E-state index < -0.39 is 0 Å². The minimum Gasteiger partial charge on any atom is -0.360 e. The molecule has 7 heteroatoms. The molecule has 0 saturated carbocycles. The van der Waals surface area contributed by atoms with Crippen LogP contribution in [0.15, 0.2) is 11.6 Å². The molecule has 2 rings (SSSR count). The third kappa shape index (κ3) is 3.04. The quantitative estimate of drug-likeness (QED) is 0.649. The van der Waals surface area contributed by atoms with E-state index in [9.17, 15) is 10.1 Å². The molecule has 0 saturated heterocycles. The van der Waals surface area contributed by atoms with Gasteiger partial charge in [-0.2, -0.15) is 9.38 Å². The van der Waals surface area contributed by atoms with Gasteiger partial charge in [-0.05, 0) is 30.6 Å². The number of aromatic nitrogens is 2. The van der Waals surface area contributed by atoms with Gasteiger partial charge in [-0.15, -0.1) is 0 Å². The zero-order valence-electron chi connectivity index (χ0n) is 11.3. The molecule has 0 fully saturated rings. The number of nitro groups is 1. The van der Waals surface area contributed by atoms with Gasteiger partial charge in [0.2, 0.25) is 5.82 Å². The first-order valence-corrected chi connectivity index (χ1v) is 7.23. The van der Waals surface area contributed by atoms with E-state index in [1.54, 1.807) is 11.6 Å². The molecule has 1 atom stereocenters. The van der Waals surface area contributed by atoms with E-state index in [4.69, 9.17) is 0 Å². The second-order valence-electron chi connectivity index (χ2n) is 5.11. The van der Waals surface area contributed by atoms with E-state index in [-0.39, 0.29) is 16.8 Å². The Bertz CT molecular complexity index is 575. The Balaban J connectivity index is 2.17. The van der Waals surface area contributed by atoms with Gasteiger partial charge in [-0.3, -0.25) is 0 Å². The zero-order valence-corrected chi connectivity index (χ0v) is 12.1. The van der Waals surface area contributed by atoms with Crippen molar-refractivity contribution in [2.45, 2.75) is 39.7 Å². The molecule has 0 bridgehead atoms. The van der Waals surface area contributed by atoms with Gasteiger partial charge in [-0.25, -0.2) is 0 Å². The maximum absolute atomic E-state index is 11.2. The highest BCUT2D eigenvalue weighted by atomic mass is 32.1. The largest absolute Gasteiger partial charge is 0.372 e. The summed E-state index contributed by atoms with van der Waals surface area (Å²) in [6, 6.07) is 0.172. The highest BCUT2D eigenvalue weighted by Crippen LogP contribution is 2.28. The fraction of sp³-hybridized carbons (Fsp3) is 0.583. The van der Waals surface area contributed by atoms with Crippen LogP contribution in [0, 0.1) is 16.0 Å². The third-order valence-electron chi connectivity index (χ3n) is 2.97. The summed E-state index contributed by atoms with van der Waals surface area (Å²) in [5.41, 5.74) is 0. The maximum atomic E-state index is 11.2. The van der Waals surface area contributed by atoms with Crippen LogP contribution >= 0.6 is 11.3 Å². The van der Waals surface area contributed by atoms with Gasteiger partial charge < -0.3 is 15.4 Å². The number of fused-ring (bicyclic) bond motifs is 1. The van der Waals surface area contributed by atoms with Crippen molar-refractivity contribution in [3.63, 3.8) is 0 Å². The van der Waals surface area contributed by atoms with Gasteiger partial charge in [0.15, 0.2) is 0 Å². The van der Waals surface area contributed by atoms with Crippen LogP contribution in [-0.2, 0) is 0 Å². The molecule has 0 aliphatic heterocycles. The number of hydrogen-bond donors (Lipinski definition) is 1. The van der Waals surface area contributed by atoms with Crippen molar-refractivity contribution in [3.05, 3.63) is 21.7 Å². The number of anilines is 1. The lowest BCUT2D eigenvalue weighted by Crippen LogP contribution is -2.17. The first-order valence-electron chi connectivity index (χ1n) is 6.35. The second kappa shape index (κ2) is 5.56. The lowest BCUT2D eigenvalue weighted by atomic mass is 10.0. The fourth-order valence-corrected chi connectivity index (χ4v) is 2.64. The smallest absolute Gasteiger partial charge is 0.360 e. The monoisotopic (exact) mass is 282 g/mol. The Morgan fingerprint density at radius 3 is 2.84 bits per heavy atom. The van der Waals surface area contributed by atoms with E-state index in [0.717, 1.165) is 12.8 Å². The summed E-state index contributed by atoms with van der Waals surface area (Å²) >= 11 is 1.39. The Morgan fingerprint density at radius 2 is 2.21 bits per heavy atom. The SMILES string of the molecule is CC(C)CCC(C)Nc1nc2sccn2c1[N+](=O)[O-]. The van der Waals surface area contributed by atoms with Crippen LogP contribution in [-0.4, -0.2) is 20.3 Å². The molecular weight excluding hydrogens is 264 g/mol. The molecule has 104 valence electrons. The first-order chi connectivity index (χ1) is 8.99. The van der Waals surface area contributed by atoms with Crippen molar-refractivity contribution in [2.24, 2.45) is 5.92 Å². The normalized spacial score (nSPS) is 13.1. The number of rotatable bonds is 6. The molecule has 0 radical (unpaired) electrons. The maximum Gasteiger partial charge on any atom is 0.372 e. The highest BCUT2D eigenvalue weighted by Gasteiger charge is 2.24. The minimum atomic E-state index is -0.385. The molecule has 1 N–H and O–H groups in total. The molecule has 1 unspecified atom stereocenters. The van der Waals surface area contributed by atoms with Crippen LogP contribution in [0.2, 0.25) is 0 Å². The van der Waals surface area contributed by atoms with Crippen LogP contribution in [0.3, 0.4) is 0 Å². The van der Waals surface area contributed by atoms with Crippen LogP contribution in [0.5, 0.6) is 0 Å². The second-order valence-corrected chi connectivity index (χ2v) is 5.99. The van der Waals surface area contributed by atoms with Gasteiger partial charge in [0.05, 0.1) is 0 Å². The van der Waals surface area contributed by atoms with Crippen LogP contribution in [0.25, 0.3) is 4.96 Å². The van der Waals surface area contributed by atoms with E-state index in [0.29, 0.717) is 16.7 Å². The fourth-order valence-electron chi connectivity index (χ4n) is 1.93. The molecular formula is C12H18N4O2S. The van der Waals surface area contributed by atoms with Gasteiger partial charge in [0, 0.05) is 11.4 Å². The topological polar surface area (TPSA) is 72.5 Å². The average Bonchev–Trinajstić information content (AvgIpc) is 2.85. The summed E-state index contributed by atoms with van der Waals surface area (Å²) in [4.78, 5) is 15.7. The van der Waals surface area contributed by atoms with Crippen molar-refractivity contribution >= 4 is 27.9 Å². The van der Waals surface area contributed by atoms with Crippen LogP contribution in [0.1, 0.15) is 33.6 Å². The van der Waals surface area contributed by atoms with Crippen molar-refractivity contribution in [1.29, 1.82) is 0 Å².